The van der Waals surface area contributed by atoms with Gasteiger partial charge in [-0.3, -0.25) is 4.72 Å². The summed E-state index contributed by atoms with van der Waals surface area (Å²) in [5.41, 5.74) is 4.51. The number of aliphatic hydroxyl groups excluding tert-OH is 1. The number of nitrogens with one attached hydrogen (secondary N) is 2. The number of rotatable bonds is 22. The first-order valence-electron chi connectivity index (χ1n) is 19.0. The molecule has 0 saturated heterocycles. The van der Waals surface area contributed by atoms with Crippen molar-refractivity contribution in [3.8, 4) is 17.2 Å². The molecule has 306 valence electrons. The summed E-state index contributed by atoms with van der Waals surface area (Å²) in [6.07, 6.45) is 0.582. The third-order valence-electron chi connectivity index (χ3n) is 9.00. The number of carbonyl (C=O) groups is 2. The molecule has 0 bridgehead atoms. The number of hydrogen-bond donors (Lipinski definition) is 3. The van der Waals surface area contributed by atoms with Crippen LogP contribution < -0.4 is 24.2 Å². The smallest absolute Gasteiger partial charge is 0.344 e. The van der Waals surface area contributed by atoms with Crippen molar-refractivity contribution >= 4 is 27.6 Å². The van der Waals surface area contributed by atoms with Gasteiger partial charge in [0.1, 0.15) is 23.9 Å². The number of esters is 2. The van der Waals surface area contributed by atoms with E-state index in [0.29, 0.717) is 29.2 Å². The second kappa shape index (κ2) is 21.6. The van der Waals surface area contributed by atoms with Crippen LogP contribution in [0, 0.1) is 0 Å². The fourth-order valence-corrected chi connectivity index (χ4v) is 6.90. The van der Waals surface area contributed by atoms with Crippen molar-refractivity contribution in [1.82, 2.24) is 5.32 Å². The largest absolute Gasteiger partial charge is 0.487 e. The second-order valence-electron chi connectivity index (χ2n) is 13.4. The van der Waals surface area contributed by atoms with E-state index in [4.69, 9.17) is 23.7 Å². The summed E-state index contributed by atoms with van der Waals surface area (Å²) >= 11 is 0. The van der Waals surface area contributed by atoms with Crippen LogP contribution in [0.25, 0.3) is 0 Å². The Kier molecular flexibility index (Phi) is 16.1. The normalized spacial score (nSPS) is 12.3. The number of sulfonamides is 1. The van der Waals surface area contributed by atoms with Gasteiger partial charge in [0.25, 0.3) is 0 Å². The van der Waals surface area contributed by atoms with Crippen LogP contribution in [0.2, 0.25) is 0 Å². The SMILES string of the molecule is CCOC(=O)COc1ccc(C(c2ccc(OCC(=O)OCC)cc2)C(Cc2ccccc2)NC[C@H](O)c2ccc(OCc3ccccc3)c(NS(C)(=O)=O)c2)cc1. The summed E-state index contributed by atoms with van der Waals surface area (Å²) in [5, 5.41) is 15.3. The Morgan fingerprint density at radius 3 is 1.66 bits per heavy atom. The van der Waals surface area contributed by atoms with Crippen molar-refractivity contribution < 1.29 is 46.8 Å². The molecule has 13 heteroatoms. The van der Waals surface area contributed by atoms with E-state index in [9.17, 15) is 23.1 Å². The molecule has 5 aromatic carbocycles. The van der Waals surface area contributed by atoms with Gasteiger partial charge in [0, 0.05) is 18.5 Å². The van der Waals surface area contributed by atoms with Gasteiger partial charge in [-0.25, -0.2) is 18.0 Å². The second-order valence-corrected chi connectivity index (χ2v) is 15.2. The van der Waals surface area contributed by atoms with Crippen molar-refractivity contribution in [3.05, 3.63) is 155 Å². The summed E-state index contributed by atoms with van der Waals surface area (Å²) in [6.45, 7) is 3.87. The highest BCUT2D eigenvalue weighted by Crippen LogP contribution is 2.34. The van der Waals surface area contributed by atoms with Crippen LogP contribution in [0.5, 0.6) is 17.2 Å². The average Bonchev–Trinajstić information content (AvgIpc) is 3.22. The lowest BCUT2D eigenvalue weighted by Crippen LogP contribution is -2.39. The summed E-state index contributed by atoms with van der Waals surface area (Å²) in [6, 6.07) is 39.1. The molecule has 0 saturated carbocycles. The Balaban J connectivity index is 1.44. The minimum atomic E-state index is -3.68. The standard InChI is InChI=1S/C45H50N2O10S/c1-4-53-43(49)30-55-37-21-16-34(17-22-37)45(35-18-23-38(24-19-35)56-31-44(50)54-5-2)40(26-32-12-8-6-9-13-32)46-28-41(48)36-20-25-42(39(27-36)47-58(3,51)52)57-29-33-14-10-7-11-15-33/h6-25,27,40-41,45-48H,4-5,26,28-31H2,1-3H3/t40?,41-/m0/s1. The number of ether oxygens (including phenoxy) is 5. The molecule has 0 aliphatic rings. The average molecular weight is 811 g/mol. The molecular formula is C45H50N2O10S. The van der Waals surface area contributed by atoms with Crippen molar-refractivity contribution in [2.24, 2.45) is 0 Å². The monoisotopic (exact) mass is 810 g/mol. The lowest BCUT2D eigenvalue weighted by Gasteiger charge is -2.31. The summed E-state index contributed by atoms with van der Waals surface area (Å²) in [7, 11) is -3.68. The van der Waals surface area contributed by atoms with Gasteiger partial charge < -0.3 is 34.1 Å². The van der Waals surface area contributed by atoms with Crippen LogP contribution in [-0.2, 0) is 42.1 Å². The van der Waals surface area contributed by atoms with Crippen LogP contribution in [0.4, 0.5) is 5.69 Å². The van der Waals surface area contributed by atoms with Gasteiger partial charge >= 0.3 is 11.9 Å². The first-order valence-corrected chi connectivity index (χ1v) is 20.9. The van der Waals surface area contributed by atoms with E-state index in [0.717, 1.165) is 28.5 Å². The summed E-state index contributed by atoms with van der Waals surface area (Å²) < 4.78 is 54.6. The van der Waals surface area contributed by atoms with E-state index < -0.39 is 28.1 Å². The molecule has 5 aromatic rings. The minimum absolute atomic E-state index is 0.109. The molecule has 0 fully saturated rings. The van der Waals surface area contributed by atoms with E-state index in [1.54, 1.807) is 56.3 Å². The molecule has 58 heavy (non-hydrogen) atoms. The van der Waals surface area contributed by atoms with Gasteiger partial charge in [-0.05, 0) is 84.5 Å². The topological polar surface area (TPSA) is 159 Å². The van der Waals surface area contributed by atoms with E-state index in [2.05, 4.69) is 10.0 Å². The Morgan fingerprint density at radius 1 is 0.655 bits per heavy atom. The Labute approximate surface area is 340 Å². The van der Waals surface area contributed by atoms with Crippen molar-refractivity contribution in [1.29, 1.82) is 0 Å². The van der Waals surface area contributed by atoms with Gasteiger partial charge in [-0.1, -0.05) is 91.0 Å². The molecule has 0 aromatic heterocycles. The molecular weight excluding hydrogens is 761 g/mol. The molecule has 12 nitrogen and oxygen atoms in total. The van der Waals surface area contributed by atoms with E-state index in [-0.39, 0.29) is 57.2 Å². The number of benzene rings is 5. The van der Waals surface area contributed by atoms with Crippen LogP contribution >= 0.6 is 0 Å². The fraction of sp³-hybridized carbons (Fsp3) is 0.289. The van der Waals surface area contributed by atoms with Gasteiger partial charge in [0.15, 0.2) is 13.2 Å². The first kappa shape index (κ1) is 43.2. The zero-order valence-corrected chi connectivity index (χ0v) is 33.7. The fourth-order valence-electron chi connectivity index (χ4n) is 6.34. The molecule has 0 aliphatic carbocycles. The van der Waals surface area contributed by atoms with E-state index in [1.165, 1.54) is 0 Å². The van der Waals surface area contributed by atoms with E-state index in [1.807, 2.05) is 84.9 Å². The lowest BCUT2D eigenvalue weighted by atomic mass is 9.82. The highest BCUT2D eigenvalue weighted by atomic mass is 32.2. The molecule has 1 unspecified atom stereocenters. The van der Waals surface area contributed by atoms with E-state index >= 15 is 0 Å². The molecule has 3 N–H and O–H groups in total. The minimum Gasteiger partial charge on any atom is -0.487 e. The highest BCUT2D eigenvalue weighted by molar-refractivity contribution is 7.92. The van der Waals surface area contributed by atoms with Crippen LogP contribution in [-0.4, -0.2) is 70.7 Å². The summed E-state index contributed by atoms with van der Waals surface area (Å²) in [4.78, 5) is 23.9. The third kappa shape index (κ3) is 13.6. The molecule has 0 amide bonds. The maximum atomic E-state index is 12.4. The zero-order chi connectivity index (χ0) is 41.3. The predicted molar refractivity (Wildman–Crippen MR) is 222 cm³/mol. The number of aliphatic hydroxyl groups is 1. The number of carbonyl (C=O) groups excluding carboxylic acids is 2. The molecule has 5 rings (SSSR count). The number of anilines is 1. The number of hydrogen-bond acceptors (Lipinski definition) is 11. The zero-order valence-electron chi connectivity index (χ0n) is 32.8. The lowest BCUT2D eigenvalue weighted by molar-refractivity contribution is -0.146. The van der Waals surface area contributed by atoms with Crippen molar-refractivity contribution in [2.45, 2.75) is 44.9 Å². The van der Waals surface area contributed by atoms with Crippen molar-refractivity contribution in [3.63, 3.8) is 0 Å². The first-order chi connectivity index (χ1) is 28.0. The van der Waals surface area contributed by atoms with Crippen molar-refractivity contribution in [2.75, 3.05) is 44.0 Å². The van der Waals surface area contributed by atoms with Crippen LogP contribution in [0.1, 0.15) is 53.7 Å². The quantitative estimate of drug-likeness (QED) is 0.0648. The molecule has 0 spiro atoms. The molecule has 0 radical (unpaired) electrons. The Morgan fingerprint density at radius 2 is 1.16 bits per heavy atom. The molecule has 0 aliphatic heterocycles. The predicted octanol–water partition coefficient (Wildman–Crippen LogP) is 6.59. The Bertz CT molecular complexity index is 2080. The van der Waals surface area contributed by atoms with Gasteiger partial charge in [-0.2, -0.15) is 0 Å². The van der Waals surface area contributed by atoms with Crippen LogP contribution in [0.15, 0.2) is 127 Å². The summed E-state index contributed by atoms with van der Waals surface area (Å²) in [5.74, 6) is 0.0984. The Hall–Kier alpha value is -5.89. The maximum Gasteiger partial charge on any atom is 0.344 e. The van der Waals surface area contributed by atoms with Gasteiger partial charge in [0.05, 0.1) is 31.3 Å². The molecule has 2 atom stereocenters. The van der Waals surface area contributed by atoms with Crippen LogP contribution in [0.3, 0.4) is 0 Å². The van der Waals surface area contributed by atoms with Gasteiger partial charge in [0.2, 0.25) is 10.0 Å². The third-order valence-corrected chi connectivity index (χ3v) is 9.59. The molecule has 0 heterocycles. The maximum absolute atomic E-state index is 12.4. The van der Waals surface area contributed by atoms with Gasteiger partial charge in [-0.15, -0.1) is 0 Å². The highest BCUT2D eigenvalue weighted by Gasteiger charge is 2.27.